The molecule has 0 saturated carbocycles. The average Bonchev–Trinajstić information content (AvgIpc) is 3.31. The minimum atomic E-state index is -0.629. The van der Waals surface area contributed by atoms with Crippen LogP contribution in [0, 0.1) is 0 Å². The van der Waals surface area contributed by atoms with Gasteiger partial charge in [-0.2, -0.15) is 0 Å². The highest BCUT2D eigenvalue weighted by Gasteiger charge is 2.18. The first kappa shape index (κ1) is 21.4. The molecule has 2 aromatic carbocycles. The predicted octanol–water partition coefficient (Wildman–Crippen LogP) is 2.98. The van der Waals surface area contributed by atoms with E-state index in [0.717, 1.165) is 24.0 Å². The number of hydrogen-bond donors (Lipinski definition) is 2. The van der Waals surface area contributed by atoms with Crippen LogP contribution in [0.4, 0.5) is 0 Å². The Morgan fingerprint density at radius 1 is 1.12 bits per heavy atom. The smallest absolute Gasteiger partial charge is 0.230 e. The van der Waals surface area contributed by atoms with Gasteiger partial charge in [0.25, 0.3) is 0 Å². The fourth-order valence-corrected chi connectivity index (χ4v) is 3.92. The van der Waals surface area contributed by atoms with Gasteiger partial charge in [-0.1, -0.05) is 0 Å². The first-order chi connectivity index (χ1) is 16.2. The molecule has 0 spiro atoms. The van der Waals surface area contributed by atoms with E-state index in [2.05, 4.69) is 19.9 Å². The number of H-pyrrole nitrogens is 1. The summed E-state index contributed by atoms with van der Waals surface area (Å²) in [6, 6.07) is 11.4. The second-order valence-corrected chi connectivity index (χ2v) is 7.91. The quantitative estimate of drug-likeness (QED) is 0.423. The van der Waals surface area contributed by atoms with Gasteiger partial charge in [-0.05, 0) is 30.3 Å². The van der Waals surface area contributed by atoms with Crippen LogP contribution in [0.3, 0.4) is 0 Å². The molecular formula is C24H26N4O5. The van der Waals surface area contributed by atoms with Crippen LogP contribution in [-0.4, -0.2) is 77.6 Å². The van der Waals surface area contributed by atoms with E-state index in [0.29, 0.717) is 53.8 Å². The number of nitrogens with one attached hydrogen (secondary N) is 1. The van der Waals surface area contributed by atoms with Crippen LogP contribution in [0.25, 0.3) is 21.8 Å². The number of ether oxygens (including phenoxy) is 4. The van der Waals surface area contributed by atoms with Gasteiger partial charge in [0, 0.05) is 42.8 Å². The molecule has 2 N–H and O–H groups in total. The molecule has 0 amide bonds. The molecule has 3 heterocycles. The Morgan fingerprint density at radius 2 is 2.00 bits per heavy atom. The van der Waals surface area contributed by atoms with E-state index in [1.807, 2.05) is 30.5 Å². The maximum absolute atomic E-state index is 10.4. The topological polar surface area (TPSA) is 102 Å². The number of benzene rings is 2. The Bertz CT molecular complexity index is 1240. The molecule has 1 saturated heterocycles. The number of β-amino-alcohol motifs (C(OH)–C–C–N with tert-alkyl or cyclic N) is 1. The number of aliphatic hydroxyl groups excluding tert-OH is 1. The van der Waals surface area contributed by atoms with Crippen molar-refractivity contribution >= 4 is 21.8 Å². The zero-order valence-electron chi connectivity index (χ0n) is 18.4. The van der Waals surface area contributed by atoms with E-state index in [4.69, 9.17) is 18.9 Å². The first-order valence-electron chi connectivity index (χ1n) is 10.9. The highest BCUT2D eigenvalue weighted by atomic mass is 16.5. The summed E-state index contributed by atoms with van der Waals surface area (Å²) in [6.07, 6.45) is 2.71. The Hall–Kier alpha value is -3.40. The standard InChI is InChI=1S/C24H26N4O5/c1-30-22-11-19-21(12-23(22)32-14-17(29)13-28-6-8-31-9-7-28)26-15-27-24(19)33-18-2-3-20-16(10-18)4-5-25-20/h2-5,10-12,15,17,25,29H,6-9,13-14H2,1H3. The molecule has 5 rings (SSSR count). The van der Waals surface area contributed by atoms with Crippen LogP contribution in [0.2, 0.25) is 0 Å². The van der Waals surface area contributed by atoms with Gasteiger partial charge in [0.05, 0.1) is 31.2 Å². The summed E-state index contributed by atoms with van der Waals surface area (Å²) >= 11 is 0. The highest BCUT2D eigenvalue weighted by molar-refractivity contribution is 5.87. The van der Waals surface area contributed by atoms with E-state index in [1.54, 1.807) is 19.2 Å². The zero-order valence-corrected chi connectivity index (χ0v) is 18.4. The van der Waals surface area contributed by atoms with E-state index in [1.165, 1.54) is 6.33 Å². The molecule has 0 bridgehead atoms. The highest BCUT2D eigenvalue weighted by Crippen LogP contribution is 2.36. The number of aromatic nitrogens is 3. The van der Waals surface area contributed by atoms with Crippen molar-refractivity contribution in [2.24, 2.45) is 0 Å². The molecular weight excluding hydrogens is 424 g/mol. The van der Waals surface area contributed by atoms with Crippen molar-refractivity contribution in [3.63, 3.8) is 0 Å². The maximum atomic E-state index is 10.4. The summed E-state index contributed by atoms with van der Waals surface area (Å²) in [5.74, 6) is 2.12. The number of fused-ring (bicyclic) bond motifs is 2. The largest absolute Gasteiger partial charge is 0.493 e. The predicted molar refractivity (Wildman–Crippen MR) is 123 cm³/mol. The monoisotopic (exact) mass is 450 g/mol. The van der Waals surface area contributed by atoms with E-state index >= 15 is 0 Å². The SMILES string of the molecule is COc1cc2c(Oc3ccc4[nH]ccc4c3)ncnc2cc1OCC(O)CN1CCOCC1. The van der Waals surface area contributed by atoms with E-state index < -0.39 is 6.10 Å². The summed E-state index contributed by atoms with van der Waals surface area (Å²) in [4.78, 5) is 14.0. The molecule has 0 radical (unpaired) electrons. The van der Waals surface area contributed by atoms with Crippen LogP contribution >= 0.6 is 0 Å². The van der Waals surface area contributed by atoms with Crippen molar-refractivity contribution in [2.75, 3.05) is 46.6 Å². The van der Waals surface area contributed by atoms with Crippen LogP contribution < -0.4 is 14.2 Å². The maximum Gasteiger partial charge on any atom is 0.230 e. The third kappa shape index (κ3) is 4.85. The van der Waals surface area contributed by atoms with Gasteiger partial charge in [-0.25, -0.2) is 9.97 Å². The van der Waals surface area contributed by atoms with Gasteiger partial charge in [0.1, 0.15) is 24.8 Å². The number of aliphatic hydroxyl groups is 1. The van der Waals surface area contributed by atoms with Gasteiger partial charge in [0.2, 0.25) is 5.88 Å². The van der Waals surface area contributed by atoms with Crippen LogP contribution in [-0.2, 0) is 4.74 Å². The Kier molecular flexibility index (Phi) is 6.25. The number of rotatable bonds is 8. The number of nitrogens with zero attached hydrogens (tertiary/aromatic N) is 3. The minimum Gasteiger partial charge on any atom is -0.493 e. The molecule has 33 heavy (non-hydrogen) atoms. The van der Waals surface area contributed by atoms with Gasteiger partial charge < -0.3 is 29.0 Å². The Morgan fingerprint density at radius 3 is 2.85 bits per heavy atom. The lowest BCUT2D eigenvalue weighted by molar-refractivity contribution is 0.00446. The lowest BCUT2D eigenvalue weighted by atomic mass is 10.2. The second kappa shape index (κ2) is 9.62. The van der Waals surface area contributed by atoms with Crippen molar-refractivity contribution in [3.05, 3.63) is 48.9 Å². The molecule has 1 fully saturated rings. The fourth-order valence-electron chi connectivity index (χ4n) is 3.92. The summed E-state index contributed by atoms with van der Waals surface area (Å²) in [7, 11) is 1.57. The molecule has 4 aromatic rings. The molecule has 1 aliphatic rings. The average molecular weight is 450 g/mol. The molecule has 9 heteroatoms. The van der Waals surface area contributed by atoms with Crippen LogP contribution in [0.1, 0.15) is 0 Å². The molecule has 1 aliphatic heterocycles. The van der Waals surface area contributed by atoms with Gasteiger partial charge >= 0.3 is 0 Å². The van der Waals surface area contributed by atoms with Crippen molar-refractivity contribution in [1.82, 2.24) is 19.9 Å². The number of hydrogen-bond acceptors (Lipinski definition) is 8. The number of methoxy groups -OCH3 is 1. The molecule has 0 aliphatic carbocycles. The van der Waals surface area contributed by atoms with Crippen LogP contribution in [0.15, 0.2) is 48.9 Å². The number of aromatic amines is 1. The zero-order chi connectivity index (χ0) is 22.6. The van der Waals surface area contributed by atoms with E-state index in [9.17, 15) is 5.11 Å². The Labute approximate surface area is 190 Å². The molecule has 1 atom stereocenters. The summed E-state index contributed by atoms with van der Waals surface area (Å²) in [5.41, 5.74) is 1.69. The summed E-state index contributed by atoms with van der Waals surface area (Å²) in [6.45, 7) is 3.68. The summed E-state index contributed by atoms with van der Waals surface area (Å²) < 4.78 is 22.9. The van der Waals surface area contributed by atoms with Crippen molar-refractivity contribution in [2.45, 2.75) is 6.10 Å². The van der Waals surface area contributed by atoms with Gasteiger partial charge in [0.15, 0.2) is 11.5 Å². The van der Waals surface area contributed by atoms with Crippen LogP contribution in [0.5, 0.6) is 23.1 Å². The van der Waals surface area contributed by atoms with E-state index in [-0.39, 0.29) is 6.61 Å². The fraction of sp³-hybridized carbons (Fsp3) is 0.333. The first-order valence-corrected chi connectivity index (χ1v) is 10.9. The molecule has 172 valence electrons. The lowest BCUT2D eigenvalue weighted by Gasteiger charge is -2.28. The van der Waals surface area contributed by atoms with Gasteiger partial charge in [-0.3, -0.25) is 4.90 Å². The Balaban J connectivity index is 1.34. The number of morpholine rings is 1. The van der Waals surface area contributed by atoms with Crippen molar-refractivity contribution in [1.29, 1.82) is 0 Å². The summed E-state index contributed by atoms with van der Waals surface area (Å²) in [5, 5.41) is 12.2. The lowest BCUT2D eigenvalue weighted by Crippen LogP contribution is -2.42. The third-order valence-electron chi connectivity index (χ3n) is 5.63. The van der Waals surface area contributed by atoms with Crippen molar-refractivity contribution in [3.8, 4) is 23.1 Å². The minimum absolute atomic E-state index is 0.143. The molecule has 1 unspecified atom stereocenters. The van der Waals surface area contributed by atoms with Gasteiger partial charge in [-0.15, -0.1) is 0 Å². The molecule has 2 aromatic heterocycles. The normalized spacial score (nSPS) is 15.6. The molecule has 9 nitrogen and oxygen atoms in total. The van der Waals surface area contributed by atoms with Crippen molar-refractivity contribution < 1.29 is 24.1 Å². The third-order valence-corrected chi connectivity index (χ3v) is 5.63. The second-order valence-electron chi connectivity index (χ2n) is 7.91.